The van der Waals surface area contributed by atoms with Gasteiger partial charge in [-0.15, -0.1) is 0 Å². The van der Waals surface area contributed by atoms with Crippen molar-refractivity contribution in [1.82, 2.24) is 29.5 Å². The van der Waals surface area contributed by atoms with E-state index in [0.717, 1.165) is 10.2 Å². The summed E-state index contributed by atoms with van der Waals surface area (Å²) >= 11 is 0. The Hall–Kier alpha value is -3.03. The zero-order valence-electron chi connectivity index (χ0n) is 10.9. The van der Waals surface area contributed by atoms with Gasteiger partial charge < -0.3 is 4.57 Å². The predicted octanol–water partition coefficient (Wildman–Crippen LogP) is 1.13. The Morgan fingerprint density at radius 3 is 2.90 bits per heavy atom. The molecule has 0 spiro atoms. The Morgan fingerprint density at radius 1 is 1.29 bits per heavy atom. The number of aromatic nitrogens is 6. The van der Waals surface area contributed by atoms with Crippen LogP contribution in [-0.2, 0) is 7.05 Å². The Morgan fingerprint density at radius 2 is 2.14 bits per heavy atom. The summed E-state index contributed by atoms with van der Waals surface area (Å²) in [5.41, 5.74) is 0.853. The van der Waals surface area contributed by atoms with E-state index < -0.39 is 0 Å². The third kappa shape index (κ3) is 1.52. The molecule has 0 radical (unpaired) electrons. The Kier molecular flexibility index (Phi) is 2.23. The van der Waals surface area contributed by atoms with Gasteiger partial charge in [-0.1, -0.05) is 0 Å². The van der Waals surface area contributed by atoms with Crippen LogP contribution in [0.5, 0.6) is 0 Å². The van der Waals surface area contributed by atoms with E-state index in [9.17, 15) is 9.18 Å². The summed E-state index contributed by atoms with van der Waals surface area (Å²) < 4.78 is 16.3. The Balaban J connectivity index is 2.18. The SMILES string of the molecule is Cn1c2ccc(F)cc2c2cnn(-c3ncn[nH]3)c(=O)c21. The maximum Gasteiger partial charge on any atom is 0.298 e. The number of H-pyrrole nitrogens is 1. The van der Waals surface area contributed by atoms with Crippen molar-refractivity contribution in [3.05, 3.63) is 46.9 Å². The molecular weight excluding hydrogens is 275 g/mol. The average molecular weight is 284 g/mol. The van der Waals surface area contributed by atoms with Crippen LogP contribution in [0.15, 0.2) is 35.5 Å². The summed E-state index contributed by atoms with van der Waals surface area (Å²) in [7, 11) is 1.76. The number of aryl methyl sites for hydroxylation is 1. The van der Waals surface area contributed by atoms with E-state index in [2.05, 4.69) is 20.3 Å². The van der Waals surface area contributed by atoms with Gasteiger partial charge in [-0.3, -0.25) is 4.79 Å². The van der Waals surface area contributed by atoms with Crippen LogP contribution < -0.4 is 5.56 Å². The zero-order chi connectivity index (χ0) is 14.6. The number of hydrogen-bond donors (Lipinski definition) is 1. The number of aromatic amines is 1. The van der Waals surface area contributed by atoms with E-state index >= 15 is 0 Å². The van der Waals surface area contributed by atoms with Gasteiger partial charge in [0.2, 0.25) is 5.95 Å². The molecule has 3 heterocycles. The van der Waals surface area contributed by atoms with Crippen molar-refractivity contribution in [1.29, 1.82) is 0 Å². The molecular formula is C13H9FN6O. The van der Waals surface area contributed by atoms with E-state index in [1.54, 1.807) is 17.7 Å². The third-order valence-electron chi connectivity index (χ3n) is 3.50. The number of halogens is 1. The lowest BCUT2D eigenvalue weighted by Gasteiger charge is -2.01. The van der Waals surface area contributed by atoms with Crippen molar-refractivity contribution < 1.29 is 4.39 Å². The molecule has 0 saturated heterocycles. The second kappa shape index (κ2) is 3.98. The van der Waals surface area contributed by atoms with Gasteiger partial charge in [0.05, 0.1) is 6.20 Å². The van der Waals surface area contributed by atoms with Gasteiger partial charge in [-0.25, -0.2) is 9.49 Å². The molecule has 0 aliphatic heterocycles. The molecule has 3 aromatic heterocycles. The monoisotopic (exact) mass is 284 g/mol. The van der Waals surface area contributed by atoms with Crippen LogP contribution in [0.25, 0.3) is 27.8 Å². The van der Waals surface area contributed by atoms with Crippen molar-refractivity contribution in [2.45, 2.75) is 0 Å². The van der Waals surface area contributed by atoms with Gasteiger partial charge in [-0.05, 0) is 18.2 Å². The molecule has 8 heteroatoms. The van der Waals surface area contributed by atoms with Crippen molar-refractivity contribution in [2.75, 3.05) is 0 Å². The molecule has 0 bridgehead atoms. The van der Waals surface area contributed by atoms with Gasteiger partial charge >= 0.3 is 0 Å². The summed E-state index contributed by atoms with van der Waals surface area (Å²) in [4.78, 5) is 16.5. The minimum Gasteiger partial charge on any atom is -0.339 e. The molecule has 104 valence electrons. The highest BCUT2D eigenvalue weighted by Gasteiger charge is 2.15. The van der Waals surface area contributed by atoms with Crippen LogP contribution in [0.3, 0.4) is 0 Å². The molecule has 0 unspecified atom stereocenters. The normalized spacial score (nSPS) is 11.5. The van der Waals surface area contributed by atoms with Crippen LogP contribution >= 0.6 is 0 Å². The zero-order valence-corrected chi connectivity index (χ0v) is 10.9. The Bertz CT molecular complexity index is 1030. The van der Waals surface area contributed by atoms with Gasteiger partial charge in [0, 0.05) is 23.3 Å². The summed E-state index contributed by atoms with van der Waals surface area (Å²) in [5, 5.41) is 11.6. The fourth-order valence-electron chi connectivity index (χ4n) is 2.55. The minimum atomic E-state index is -0.352. The maximum atomic E-state index is 13.4. The molecule has 7 nitrogen and oxygen atoms in total. The largest absolute Gasteiger partial charge is 0.339 e. The van der Waals surface area contributed by atoms with Gasteiger partial charge in [0.1, 0.15) is 17.7 Å². The molecule has 0 saturated carbocycles. The Labute approximate surface area is 116 Å². The second-order valence-electron chi connectivity index (χ2n) is 4.65. The fourth-order valence-corrected chi connectivity index (χ4v) is 2.55. The highest BCUT2D eigenvalue weighted by molar-refractivity contribution is 6.07. The topological polar surface area (TPSA) is 81.4 Å². The molecule has 0 atom stereocenters. The summed E-state index contributed by atoms with van der Waals surface area (Å²) in [6.07, 6.45) is 2.82. The standard InChI is InChI=1S/C13H9FN6O/c1-19-10-3-2-7(14)4-8(10)9-5-17-20(12(21)11(9)19)13-15-6-16-18-13/h2-6H,1H3,(H,15,16,18). The molecule has 0 amide bonds. The number of hydrogen-bond acceptors (Lipinski definition) is 4. The highest BCUT2D eigenvalue weighted by atomic mass is 19.1. The predicted molar refractivity (Wildman–Crippen MR) is 73.7 cm³/mol. The molecule has 0 fully saturated rings. The van der Waals surface area contributed by atoms with Crippen molar-refractivity contribution in [3.8, 4) is 5.95 Å². The molecule has 0 aliphatic rings. The van der Waals surface area contributed by atoms with Crippen LogP contribution in [0.4, 0.5) is 4.39 Å². The van der Waals surface area contributed by atoms with E-state index in [4.69, 9.17) is 0 Å². The molecule has 1 N–H and O–H groups in total. The lowest BCUT2D eigenvalue weighted by molar-refractivity contribution is 0.629. The summed E-state index contributed by atoms with van der Waals surface area (Å²) in [6, 6.07) is 4.41. The lowest BCUT2D eigenvalue weighted by atomic mass is 10.2. The molecule has 4 rings (SSSR count). The van der Waals surface area contributed by atoms with Crippen LogP contribution in [0, 0.1) is 5.82 Å². The third-order valence-corrected chi connectivity index (χ3v) is 3.50. The van der Waals surface area contributed by atoms with Crippen molar-refractivity contribution in [3.63, 3.8) is 0 Å². The lowest BCUT2D eigenvalue weighted by Crippen LogP contribution is -2.23. The number of benzene rings is 1. The van der Waals surface area contributed by atoms with Gasteiger partial charge in [0.25, 0.3) is 5.56 Å². The molecule has 4 aromatic rings. The average Bonchev–Trinajstić information content (AvgIpc) is 3.08. The first kappa shape index (κ1) is 11.8. The summed E-state index contributed by atoms with van der Waals surface area (Å²) in [5.74, 6) is -0.118. The first-order valence-corrected chi connectivity index (χ1v) is 6.18. The van der Waals surface area contributed by atoms with Gasteiger partial charge in [0.15, 0.2) is 0 Å². The van der Waals surface area contributed by atoms with Crippen molar-refractivity contribution in [2.24, 2.45) is 7.05 Å². The quantitative estimate of drug-likeness (QED) is 0.568. The molecule has 1 aromatic carbocycles. The van der Waals surface area contributed by atoms with Crippen LogP contribution in [0.1, 0.15) is 0 Å². The van der Waals surface area contributed by atoms with Crippen LogP contribution in [-0.4, -0.2) is 29.5 Å². The van der Waals surface area contributed by atoms with Crippen molar-refractivity contribution >= 4 is 21.8 Å². The smallest absolute Gasteiger partial charge is 0.298 e. The van der Waals surface area contributed by atoms with E-state index in [1.165, 1.54) is 24.7 Å². The van der Waals surface area contributed by atoms with Gasteiger partial charge in [-0.2, -0.15) is 19.9 Å². The van der Waals surface area contributed by atoms with Crippen LogP contribution in [0.2, 0.25) is 0 Å². The second-order valence-corrected chi connectivity index (χ2v) is 4.65. The maximum absolute atomic E-state index is 13.4. The summed E-state index contributed by atoms with van der Waals surface area (Å²) in [6.45, 7) is 0. The highest BCUT2D eigenvalue weighted by Crippen LogP contribution is 2.26. The number of nitrogens with zero attached hydrogens (tertiary/aromatic N) is 5. The minimum absolute atomic E-state index is 0.235. The van der Waals surface area contributed by atoms with E-state index in [1.807, 2.05) is 0 Å². The number of rotatable bonds is 1. The number of fused-ring (bicyclic) bond motifs is 3. The molecule has 0 aliphatic carbocycles. The number of nitrogens with one attached hydrogen (secondary N) is 1. The first-order valence-electron chi connectivity index (χ1n) is 6.18. The van der Waals surface area contributed by atoms with E-state index in [-0.39, 0.29) is 17.3 Å². The fraction of sp³-hybridized carbons (Fsp3) is 0.0769. The molecule has 21 heavy (non-hydrogen) atoms. The first-order chi connectivity index (χ1) is 10.2. The van der Waals surface area contributed by atoms with E-state index in [0.29, 0.717) is 16.3 Å².